The van der Waals surface area contributed by atoms with Crippen molar-refractivity contribution in [3.05, 3.63) is 46.2 Å². The molecule has 1 amide bonds. The van der Waals surface area contributed by atoms with Crippen molar-refractivity contribution in [1.82, 2.24) is 14.9 Å². The first-order valence-electron chi connectivity index (χ1n) is 7.70. The Morgan fingerprint density at radius 3 is 2.77 bits per heavy atom. The smallest absolute Gasteiger partial charge is 0.321 e. The minimum atomic E-state index is -2.73. The number of carbonyl (C=O) groups is 2. The highest BCUT2D eigenvalue weighted by Gasteiger charge is 2.19. The van der Waals surface area contributed by atoms with Gasteiger partial charge in [0.05, 0.1) is 28.2 Å². The van der Waals surface area contributed by atoms with Gasteiger partial charge in [0, 0.05) is 11.8 Å². The SMILES string of the molecule is CC(=O)NCc1ccc(C(=O)CSc2nc3ccccc3n2C(F)F)s1. The van der Waals surface area contributed by atoms with Crippen molar-refractivity contribution in [2.45, 2.75) is 25.2 Å². The second-order valence-electron chi connectivity index (χ2n) is 5.42. The maximum atomic E-state index is 13.4. The van der Waals surface area contributed by atoms with E-state index >= 15 is 0 Å². The molecule has 0 unspecified atom stereocenters. The van der Waals surface area contributed by atoms with Crippen LogP contribution < -0.4 is 5.32 Å². The molecule has 0 saturated carbocycles. The zero-order chi connectivity index (χ0) is 18.7. The van der Waals surface area contributed by atoms with Crippen LogP contribution in [0.25, 0.3) is 11.0 Å². The molecule has 5 nitrogen and oxygen atoms in total. The van der Waals surface area contributed by atoms with Crippen molar-refractivity contribution in [1.29, 1.82) is 0 Å². The number of aromatic nitrogens is 2. The zero-order valence-electron chi connectivity index (χ0n) is 13.7. The number of carbonyl (C=O) groups excluding carboxylic acids is 2. The van der Waals surface area contributed by atoms with E-state index in [-0.39, 0.29) is 22.6 Å². The Labute approximate surface area is 156 Å². The Kier molecular flexibility index (Phi) is 5.67. The second-order valence-corrected chi connectivity index (χ2v) is 7.53. The van der Waals surface area contributed by atoms with Gasteiger partial charge in [0.1, 0.15) is 0 Å². The van der Waals surface area contributed by atoms with Crippen LogP contribution in [0.15, 0.2) is 41.6 Å². The lowest BCUT2D eigenvalue weighted by atomic mass is 10.3. The van der Waals surface area contributed by atoms with Crippen LogP contribution in [0, 0.1) is 0 Å². The highest BCUT2D eigenvalue weighted by atomic mass is 32.2. The van der Waals surface area contributed by atoms with Gasteiger partial charge < -0.3 is 5.32 Å². The first-order chi connectivity index (χ1) is 12.5. The number of Topliss-reactive ketones (excluding diaryl/α,β-unsaturated/α-hetero) is 1. The van der Waals surface area contributed by atoms with E-state index in [9.17, 15) is 18.4 Å². The number of alkyl halides is 2. The number of ketones is 1. The molecular weight excluding hydrogens is 380 g/mol. The Hall–Kier alpha value is -2.26. The number of fused-ring (bicyclic) bond motifs is 1. The van der Waals surface area contributed by atoms with Crippen molar-refractivity contribution < 1.29 is 18.4 Å². The Morgan fingerprint density at radius 2 is 2.04 bits per heavy atom. The Balaban J connectivity index is 1.71. The predicted octanol–water partition coefficient (Wildman–Crippen LogP) is 4.10. The summed E-state index contributed by atoms with van der Waals surface area (Å²) in [4.78, 5) is 28.9. The number of hydrogen-bond donors (Lipinski definition) is 1. The molecule has 3 rings (SSSR count). The van der Waals surface area contributed by atoms with E-state index in [2.05, 4.69) is 10.3 Å². The van der Waals surface area contributed by atoms with Gasteiger partial charge in [-0.1, -0.05) is 23.9 Å². The average Bonchev–Trinajstić information content (AvgIpc) is 3.22. The number of halogens is 2. The zero-order valence-corrected chi connectivity index (χ0v) is 15.4. The van der Waals surface area contributed by atoms with E-state index in [0.29, 0.717) is 22.5 Å². The highest BCUT2D eigenvalue weighted by molar-refractivity contribution is 7.99. The van der Waals surface area contributed by atoms with Crippen molar-refractivity contribution in [2.24, 2.45) is 0 Å². The fourth-order valence-corrected chi connectivity index (χ4v) is 4.22. The van der Waals surface area contributed by atoms with Gasteiger partial charge in [0.15, 0.2) is 10.9 Å². The third-order valence-corrected chi connectivity index (χ3v) is 5.62. The molecule has 26 heavy (non-hydrogen) atoms. The molecule has 136 valence electrons. The fourth-order valence-electron chi connectivity index (χ4n) is 2.35. The first kappa shape index (κ1) is 18.5. The summed E-state index contributed by atoms with van der Waals surface area (Å²) in [5.41, 5.74) is 0.808. The highest BCUT2D eigenvalue weighted by Crippen LogP contribution is 2.30. The lowest BCUT2D eigenvalue weighted by molar-refractivity contribution is -0.119. The van der Waals surface area contributed by atoms with Crippen molar-refractivity contribution in [3.63, 3.8) is 0 Å². The van der Waals surface area contributed by atoms with Crippen LogP contribution in [-0.2, 0) is 11.3 Å². The van der Waals surface area contributed by atoms with Crippen LogP contribution in [0.5, 0.6) is 0 Å². The molecular formula is C17H15F2N3O2S2. The number of benzene rings is 1. The molecule has 0 aliphatic heterocycles. The summed E-state index contributed by atoms with van der Waals surface area (Å²) in [6.45, 7) is -0.946. The molecule has 3 aromatic rings. The molecule has 0 spiro atoms. The van der Waals surface area contributed by atoms with E-state index in [1.807, 2.05) is 0 Å². The average molecular weight is 395 g/mol. The van der Waals surface area contributed by atoms with E-state index in [0.717, 1.165) is 21.2 Å². The van der Waals surface area contributed by atoms with Crippen LogP contribution in [-0.4, -0.2) is 27.0 Å². The molecule has 0 radical (unpaired) electrons. The van der Waals surface area contributed by atoms with Gasteiger partial charge in [-0.15, -0.1) is 11.3 Å². The van der Waals surface area contributed by atoms with Gasteiger partial charge in [-0.05, 0) is 24.3 Å². The number of amides is 1. The molecule has 0 fully saturated rings. The molecule has 9 heteroatoms. The largest absolute Gasteiger partial charge is 0.351 e. The van der Waals surface area contributed by atoms with E-state index in [1.54, 1.807) is 36.4 Å². The molecule has 0 atom stereocenters. The number of thioether (sulfide) groups is 1. The van der Waals surface area contributed by atoms with E-state index < -0.39 is 6.55 Å². The van der Waals surface area contributed by atoms with E-state index in [1.165, 1.54) is 18.3 Å². The molecule has 2 heterocycles. The number of nitrogens with one attached hydrogen (secondary N) is 1. The third-order valence-electron chi connectivity index (χ3n) is 3.54. The summed E-state index contributed by atoms with van der Waals surface area (Å²) >= 11 is 2.27. The summed E-state index contributed by atoms with van der Waals surface area (Å²) in [5.74, 6) is -0.300. The lowest BCUT2D eigenvalue weighted by Gasteiger charge is -2.06. The van der Waals surface area contributed by atoms with Gasteiger partial charge in [0.25, 0.3) is 0 Å². The van der Waals surface area contributed by atoms with Crippen LogP contribution >= 0.6 is 23.1 Å². The second kappa shape index (κ2) is 7.96. The van der Waals surface area contributed by atoms with Gasteiger partial charge in [0.2, 0.25) is 5.91 Å². The third kappa shape index (κ3) is 4.10. The maximum Gasteiger partial charge on any atom is 0.321 e. The van der Waals surface area contributed by atoms with Crippen LogP contribution in [0.2, 0.25) is 0 Å². The minimum absolute atomic E-state index is 0.0101. The quantitative estimate of drug-likeness (QED) is 0.483. The topological polar surface area (TPSA) is 64.0 Å². The number of hydrogen-bond acceptors (Lipinski definition) is 5. The monoisotopic (exact) mass is 395 g/mol. The maximum absolute atomic E-state index is 13.4. The summed E-state index contributed by atoms with van der Waals surface area (Å²) in [6.07, 6.45) is 0. The number of para-hydroxylation sites is 2. The predicted molar refractivity (Wildman–Crippen MR) is 97.9 cm³/mol. The molecule has 2 aromatic heterocycles. The molecule has 0 aliphatic rings. The molecule has 0 bridgehead atoms. The lowest BCUT2D eigenvalue weighted by Crippen LogP contribution is -2.18. The number of imidazole rings is 1. The first-order valence-corrected chi connectivity index (χ1v) is 9.50. The Morgan fingerprint density at radius 1 is 1.27 bits per heavy atom. The van der Waals surface area contributed by atoms with Crippen LogP contribution in [0.4, 0.5) is 8.78 Å². The van der Waals surface area contributed by atoms with Gasteiger partial charge >= 0.3 is 6.55 Å². The number of rotatable bonds is 7. The normalized spacial score (nSPS) is 11.2. The van der Waals surface area contributed by atoms with Crippen LogP contribution in [0.1, 0.15) is 28.0 Å². The van der Waals surface area contributed by atoms with Crippen molar-refractivity contribution >= 4 is 45.8 Å². The molecule has 0 saturated heterocycles. The minimum Gasteiger partial charge on any atom is -0.351 e. The molecule has 1 N–H and O–H groups in total. The summed E-state index contributed by atoms with van der Waals surface area (Å²) in [6, 6.07) is 10.1. The summed E-state index contributed by atoms with van der Waals surface area (Å²) in [5, 5.41) is 2.78. The summed E-state index contributed by atoms with van der Waals surface area (Å²) < 4.78 is 27.6. The van der Waals surface area contributed by atoms with Crippen molar-refractivity contribution in [3.8, 4) is 0 Å². The molecule has 0 aliphatic carbocycles. The van der Waals surface area contributed by atoms with Gasteiger partial charge in [-0.2, -0.15) is 8.78 Å². The van der Waals surface area contributed by atoms with Gasteiger partial charge in [-0.3, -0.25) is 14.2 Å². The Bertz CT molecular complexity index is 953. The fraction of sp³-hybridized carbons (Fsp3) is 0.235. The van der Waals surface area contributed by atoms with Gasteiger partial charge in [-0.25, -0.2) is 4.98 Å². The summed E-state index contributed by atoms with van der Waals surface area (Å²) in [7, 11) is 0. The van der Waals surface area contributed by atoms with Crippen LogP contribution in [0.3, 0.4) is 0 Å². The molecule has 1 aromatic carbocycles. The number of nitrogens with zero attached hydrogens (tertiary/aromatic N) is 2. The number of thiophene rings is 1. The van der Waals surface area contributed by atoms with Crippen molar-refractivity contribution in [2.75, 3.05) is 5.75 Å². The standard InChI is InChI=1S/C17H15F2N3O2S2/c1-10(23)20-8-11-6-7-15(26-11)14(24)9-25-17-21-12-4-2-3-5-13(12)22(17)16(18)19/h2-7,16H,8-9H2,1H3,(H,20,23). The van der Waals surface area contributed by atoms with E-state index in [4.69, 9.17) is 0 Å².